The van der Waals surface area contributed by atoms with Gasteiger partial charge in [0.05, 0.1) is 5.60 Å². The van der Waals surface area contributed by atoms with Crippen LogP contribution in [-0.4, -0.2) is 35.0 Å². The normalized spacial score (nSPS) is 27.0. The van der Waals surface area contributed by atoms with Crippen LogP contribution in [0.25, 0.3) is 0 Å². The van der Waals surface area contributed by atoms with Gasteiger partial charge in [-0.25, -0.2) is 0 Å². The van der Waals surface area contributed by atoms with Crippen LogP contribution < -0.4 is 5.32 Å². The van der Waals surface area contributed by atoms with Crippen LogP contribution in [0.3, 0.4) is 0 Å². The summed E-state index contributed by atoms with van der Waals surface area (Å²) in [5.74, 6) is 0.381. The minimum absolute atomic E-state index is 0.272. The van der Waals surface area contributed by atoms with Gasteiger partial charge in [0.2, 0.25) is 0 Å². The van der Waals surface area contributed by atoms with Gasteiger partial charge in [-0.15, -0.1) is 0 Å². The zero-order valence-electron chi connectivity index (χ0n) is 10.7. The summed E-state index contributed by atoms with van der Waals surface area (Å²) in [6, 6.07) is 0.392. The molecule has 3 N–H and O–H groups in total. The summed E-state index contributed by atoms with van der Waals surface area (Å²) >= 11 is 0. The summed E-state index contributed by atoms with van der Waals surface area (Å²) in [5.41, 5.74) is -0.572. The molecule has 3 nitrogen and oxygen atoms in total. The molecule has 1 fully saturated rings. The zero-order chi connectivity index (χ0) is 12.0. The van der Waals surface area contributed by atoms with Crippen LogP contribution in [0.15, 0.2) is 0 Å². The molecule has 1 rings (SSSR count). The topological polar surface area (TPSA) is 52.5 Å². The third-order valence-corrected chi connectivity index (χ3v) is 4.15. The number of rotatable bonds is 6. The van der Waals surface area contributed by atoms with E-state index in [2.05, 4.69) is 5.32 Å². The largest absolute Gasteiger partial charge is 0.396 e. The maximum absolute atomic E-state index is 10.2. The van der Waals surface area contributed by atoms with Crippen molar-refractivity contribution in [2.75, 3.05) is 13.2 Å². The second kappa shape index (κ2) is 6.58. The molecule has 0 aromatic carbocycles. The highest BCUT2D eigenvalue weighted by molar-refractivity contribution is 4.85. The van der Waals surface area contributed by atoms with E-state index in [1.807, 2.05) is 13.8 Å². The Kier molecular flexibility index (Phi) is 5.73. The molecule has 0 amide bonds. The van der Waals surface area contributed by atoms with E-state index in [9.17, 15) is 10.2 Å². The van der Waals surface area contributed by atoms with Crippen molar-refractivity contribution in [3.05, 3.63) is 0 Å². The molecular weight excluding hydrogens is 202 g/mol. The van der Waals surface area contributed by atoms with Gasteiger partial charge in [-0.1, -0.05) is 26.7 Å². The van der Waals surface area contributed by atoms with E-state index < -0.39 is 5.60 Å². The highest BCUT2D eigenvalue weighted by Gasteiger charge is 2.28. The summed E-state index contributed by atoms with van der Waals surface area (Å²) in [6.45, 7) is 4.97. The van der Waals surface area contributed by atoms with Crippen LogP contribution in [0.2, 0.25) is 0 Å². The van der Waals surface area contributed by atoms with E-state index in [1.165, 1.54) is 12.8 Å². The average molecular weight is 229 g/mol. The first-order chi connectivity index (χ1) is 7.65. The molecule has 0 bridgehead atoms. The van der Waals surface area contributed by atoms with E-state index in [0.717, 1.165) is 25.7 Å². The van der Waals surface area contributed by atoms with Crippen LogP contribution in [0, 0.1) is 5.92 Å². The van der Waals surface area contributed by atoms with E-state index in [-0.39, 0.29) is 6.61 Å². The molecule has 2 unspecified atom stereocenters. The third kappa shape index (κ3) is 3.72. The fourth-order valence-corrected chi connectivity index (χ4v) is 2.52. The van der Waals surface area contributed by atoms with E-state index in [4.69, 9.17) is 0 Å². The molecule has 1 aliphatic rings. The maximum atomic E-state index is 10.2. The third-order valence-electron chi connectivity index (χ3n) is 4.15. The van der Waals surface area contributed by atoms with Crippen molar-refractivity contribution in [3.63, 3.8) is 0 Å². The van der Waals surface area contributed by atoms with Crippen molar-refractivity contribution < 1.29 is 10.2 Å². The van der Waals surface area contributed by atoms with Crippen LogP contribution in [0.4, 0.5) is 0 Å². The van der Waals surface area contributed by atoms with Crippen molar-refractivity contribution in [3.8, 4) is 0 Å². The Morgan fingerprint density at radius 2 is 1.81 bits per heavy atom. The maximum Gasteiger partial charge on any atom is 0.0766 e. The molecule has 0 heterocycles. The number of aliphatic hydroxyl groups excluding tert-OH is 1. The van der Waals surface area contributed by atoms with Crippen LogP contribution in [-0.2, 0) is 0 Å². The SMILES string of the molecule is CCC(O)(CC)CNC1CCCCC1CO. The quantitative estimate of drug-likeness (QED) is 0.649. The van der Waals surface area contributed by atoms with Gasteiger partial charge in [-0.2, -0.15) is 0 Å². The number of hydrogen-bond donors (Lipinski definition) is 3. The summed E-state index contributed by atoms with van der Waals surface area (Å²) in [4.78, 5) is 0. The monoisotopic (exact) mass is 229 g/mol. The van der Waals surface area contributed by atoms with Gasteiger partial charge in [0.1, 0.15) is 0 Å². The fraction of sp³-hybridized carbons (Fsp3) is 1.00. The van der Waals surface area contributed by atoms with Crippen molar-refractivity contribution in [1.29, 1.82) is 0 Å². The van der Waals surface area contributed by atoms with Crippen molar-refractivity contribution in [1.82, 2.24) is 5.32 Å². The number of nitrogens with one attached hydrogen (secondary N) is 1. The summed E-state index contributed by atoms with van der Waals surface area (Å²) in [7, 11) is 0. The second-order valence-corrected chi connectivity index (χ2v) is 5.15. The lowest BCUT2D eigenvalue weighted by Crippen LogP contribution is -2.48. The van der Waals surface area contributed by atoms with Gasteiger partial charge < -0.3 is 15.5 Å². The molecule has 1 aliphatic carbocycles. The Bertz CT molecular complexity index is 192. The highest BCUT2D eigenvalue weighted by Crippen LogP contribution is 2.24. The molecule has 96 valence electrons. The predicted molar refractivity (Wildman–Crippen MR) is 66.4 cm³/mol. The first-order valence-electron chi connectivity index (χ1n) is 6.72. The van der Waals surface area contributed by atoms with Gasteiger partial charge in [-0.3, -0.25) is 0 Å². The Hall–Kier alpha value is -0.120. The highest BCUT2D eigenvalue weighted by atomic mass is 16.3. The summed E-state index contributed by atoms with van der Waals surface area (Å²) < 4.78 is 0. The lowest BCUT2D eigenvalue weighted by Gasteiger charge is -2.34. The smallest absolute Gasteiger partial charge is 0.0766 e. The molecule has 2 atom stereocenters. The van der Waals surface area contributed by atoms with E-state index >= 15 is 0 Å². The molecule has 0 saturated heterocycles. The molecule has 0 radical (unpaired) electrons. The molecule has 0 aromatic heterocycles. The van der Waals surface area contributed by atoms with Gasteiger partial charge in [0.25, 0.3) is 0 Å². The van der Waals surface area contributed by atoms with E-state index in [1.54, 1.807) is 0 Å². The van der Waals surface area contributed by atoms with Gasteiger partial charge in [0, 0.05) is 19.2 Å². The first-order valence-corrected chi connectivity index (χ1v) is 6.72. The minimum Gasteiger partial charge on any atom is -0.396 e. The van der Waals surface area contributed by atoms with Crippen LogP contribution in [0.1, 0.15) is 52.4 Å². The predicted octanol–water partition coefficient (Wildman–Crippen LogP) is 1.68. The van der Waals surface area contributed by atoms with Gasteiger partial charge in [-0.05, 0) is 31.6 Å². The lowest BCUT2D eigenvalue weighted by molar-refractivity contribution is 0.0236. The number of hydrogen-bond acceptors (Lipinski definition) is 3. The molecular formula is C13H27NO2. The number of aliphatic hydroxyl groups is 2. The standard InChI is InChI=1S/C13H27NO2/c1-3-13(16,4-2)10-14-12-8-6-5-7-11(12)9-15/h11-12,14-16H,3-10H2,1-2H3. The van der Waals surface area contributed by atoms with Gasteiger partial charge in [0.15, 0.2) is 0 Å². The van der Waals surface area contributed by atoms with Crippen LogP contribution >= 0.6 is 0 Å². The Morgan fingerprint density at radius 3 is 2.38 bits per heavy atom. The Morgan fingerprint density at radius 1 is 1.19 bits per heavy atom. The minimum atomic E-state index is -0.572. The molecule has 1 saturated carbocycles. The molecule has 0 aromatic rings. The first kappa shape index (κ1) is 13.9. The van der Waals surface area contributed by atoms with E-state index in [0.29, 0.717) is 18.5 Å². The van der Waals surface area contributed by atoms with Crippen molar-refractivity contribution in [2.24, 2.45) is 5.92 Å². The fourth-order valence-electron chi connectivity index (χ4n) is 2.52. The lowest BCUT2D eigenvalue weighted by atomic mass is 9.84. The Labute approximate surface area is 99.3 Å². The molecule has 0 spiro atoms. The molecule has 3 heteroatoms. The second-order valence-electron chi connectivity index (χ2n) is 5.15. The Balaban J connectivity index is 2.40. The molecule has 0 aliphatic heterocycles. The summed E-state index contributed by atoms with van der Waals surface area (Å²) in [6.07, 6.45) is 6.29. The summed E-state index contributed by atoms with van der Waals surface area (Å²) in [5, 5.41) is 23.0. The van der Waals surface area contributed by atoms with Crippen molar-refractivity contribution in [2.45, 2.75) is 64.0 Å². The zero-order valence-corrected chi connectivity index (χ0v) is 10.7. The van der Waals surface area contributed by atoms with Gasteiger partial charge >= 0.3 is 0 Å². The van der Waals surface area contributed by atoms with Crippen LogP contribution in [0.5, 0.6) is 0 Å². The van der Waals surface area contributed by atoms with Crippen molar-refractivity contribution >= 4 is 0 Å². The average Bonchev–Trinajstić information content (AvgIpc) is 2.36. The molecule has 16 heavy (non-hydrogen) atoms.